The lowest BCUT2D eigenvalue weighted by atomic mass is 10.1. The Morgan fingerprint density at radius 1 is 1.11 bits per heavy atom. The van der Waals surface area contributed by atoms with E-state index in [1.807, 2.05) is 35.2 Å². The lowest BCUT2D eigenvalue weighted by Crippen LogP contribution is -2.45. The normalized spacial score (nSPS) is 15.4. The van der Waals surface area contributed by atoms with Crippen LogP contribution in [-0.2, 0) is 21.4 Å². The molecule has 1 fully saturated rings. The van der Waals surface area contributed by atoms with Crippen molar-refractivity contribution in [2.24, 2.45) is 5.92 Å². The Kier molecular flexibility index (Phi) is 6.58. The van der Waals surface area contributed by atoms with Gasteiger partial charge in [-0.25, -0.2) is 8.42 Å². The third kappa shape index (κ3) is 5.01. The Hall–Kier alpha value is -1.70. The molecule has 1 unspecified atom stereocenters. The van der Waals surface area contributed by atoms with Crippen LogP contribution >= 0.6 is 15.9 Å². The first-order valence-electron chi connectivity index (χ1n) is 9.34. The number of benzene rings is 2. The number of hydrogen-bond acceptors (Lipinski definition) is 3. The lowest BCUT2D eigenvalue weighted by Gasteiger charge is -2.31. The van der Waals surface area contributed by atoms with Crippen LogP contribution in [0.5, 0.6) is 0 Å². The maximum atomic E-state index is 13.1. The summed E-state index contributed by atoms with van der Waals surface area (Å²) >= 11 is 3.31. The summed E-state index contributed by atoms with van der Waals surface area (Å²) in [6, 6.07) is 16.3. The highest BCUT2D eigenvalue weighted by atomic mass is 79.9. The van der Waals surface area contributed by atoms with Gasteiger partial charge in [-0.05, 0) is 55.5 Å². The maximum absolute atomic E-state index is 13.1. The van der Waals surface area contributed by atoms with E-state index in [1.165, 1.54) is 19.2 Å². The van der Waals surface area contributed by atoms with Crippen molar-refractivity contribution >= 4 is 31.9 Å². The van der Waals surface area contributed by atoms with Crippen molar-refractivity contribution in [3.8, 4) is 0 Å². The molecule has 0 N–H and O–H groups in total. The Balaban J connectivity index is 1.75. The lowest BCUT2D eigenvalue weighted by molar-refractivity contribution is -0.134. The number of hydrogen-bond donors (Lipinski definition) is 0. The van der Waals surface area contributed by atoms with E-state index in [2.05, 4.69) is 22.9 Å². The van der Waals surface area contributed by atoms with Gasteiger partial charge in [0, 0.05) is 24.1 Å². The van der Waals surface area contributed by atoms with Crippen LogP contribution in [0.3, 0.4) is 0 Å². The molecule has 150 valence electrons. The summed E-state index contributed by atoms with van der Waals surface area (Å²) in [5.41, 5.74) is 1.04. The molecule has 28 heavy (non-hydrogen) atoms. The average molecular weight is 465 g/mol. The summed E-state index contributed by atoms with van der Waals surface area (Å²) in [6.45, 7) is 2.37. The quantitative estimate of drug-likeness (QED) is 0.595. The largest absolute Gasteiger partial charge is 0.334 e. The predicted molar refractivity (Wildman–Crippen MR) is 113 cm³/mol. The molecule has 1 atom stereocenters. The summed E-state index contributed by atoms with van der Waals surface area (Å²) in [4.78, 5) is 15.1. The number of halogens is 1. The summed E-state index contributed by atoms with van der Waals surface area (Å²) in [6.07, 6.45) is 2.24. The third-order valence-corrected chi connectivity index (χ3v) is 7.54. The van der Waals surface area contributed by atoms with Crippen LogP contribution in [0.2, 0.25) is 0 Å². The van der Waals surface area contributed by atoms with Crippen molar-refractivity contribution in [2.75, 3.05) is 13.6 Å². The number of carbonyl (C=O) groups excluding carboxylic acids is 1. The van der Waals surface area contributed by atoms with Crippen molar-refractivity contribution in [3.63, 3.8) is 0 Å². The monoisotopic (exact) mass is 464 g/mol. The second-order valence-corrected chi connectivity index (χ2v) is 10.3. The molecule has 0 aliphatic heterocycles. The molecule has 1 saturated carbocycles. The van der Waals surface area contributed by atoms with E-state index in [0.717, 1.165) is 27.2 Å². The molecule has 2 aromatic rings. The Labute approximate surface area is 175 Å². The van der Waals surface area contributed by atoms with E-state index in [1.54, 1.807) is 12.1 Å². The minimum absolute atomic E-state index is 0.0940. The van der Waals surface area contributed by atoms with Crippen molar-refractivity contribution in [3.05, 3.63) is 64.6 Å². The van der Waals surface area contributed by atoms with Crippen LogP contribution in [0, 0.1) is 5.92 Å². The van der Waals surface area contributed by atoms with Gasteiger partial charge in [0.25, 0.3) is 0 Å². The van der Waals surface area contributed by atoms with Gasteiger partial charge >= 0.3 is 0 Å². The third-order valence-electron chi connectivity index (χ3n) is 5.19. The number of nitrogens with zero attached hydrogens (tertiary/aromatic N) is 2. The van der Waals surface area contributed by atoms with E-state index >= 15 is 0 Å². The molecule has 1 aliphatic rings. The minimum atomic E-state index is -3.72. The van der Waals surface area contributed by atoms with E-state index in [9.17, 15) is 13.2 Å². The topological polar surface area (TPSA) is 57.7 Å². The van der Waals surface area contributed by atoms with Gasteiger partial charge in [-0.15, -0.1) is 0 Å². The van der Waals surface area contributed by atoms with E-state index < -0.39 is 10.0 Å². The highest BCUT2D eigenvalue weighted by molar-refractivity contribution is 9.10. The average Bonchev–Trinajstić information content (AvgIpc) is 3.52. The van der Waals surface area contributed by atoms with Gasteiger partial charge in [-0.3, -0.25) is 4.79 Å². The maximum Gasteiger partial charge on any atom is 0.243 e. The van der Waals surface area contributed by atoms with Gasteiger partial charge in [0.15, 0.2) is 0 Å². The standard InChI is InChI=1S/C21H25BrN2O3S/c1-16(18-8-9-18)24(14-17-6-4-3-5-7-17)21(25)15-23(2)28(26,27)20-12-10-19(22)11-13-20/h3-7,10-13,16,18H,8-9,14-15H2,1-2H3. The van der Waals surface area contributed by atoms with Crippen LogP contribution in [0.25, 0.3) is 0 Å². The fourth-order valence-corrected chi connectivity index (χ4v) is 4.61. The number of amides is 1. The molecule has 2 aromatic carbocycles. The molecule has 7 heteroatoms. The van der Waals surface area contributed by atoms with Gasteiger partial charge < -0.3 is 4.90 Å². The summed E-state index contributed by atoms with van der Waals surface area (Å²) in [5.74, 6) is 0.326. The summed E-state index contributed by atoms with van der Waals surface area (Å²) in [5, 5.41) is 0. The fraction of sp³-hybridized carbons (Fsp3) is 0.381. The van der Waals surface area contributed by atoms with E-state index in [0.29, 0.717) is 12.5 Å². The molecule has 0 radical (unpaired) electrons. The van der Waals surface area contributed by atoms with Gasteiger partial charge in [0.2, 0.25) is 15.9 Å². The predicted octanol–water partition coefficient (Wildman–Crippen LogP) is 3.90. The molecule has 0 saturated heterocycles. The number of likely N-dealkylation sites (N-methyl/N-ethyl adjacent to an activating group) is 1. The van der Waals surface area contributed by atoms with E-state index in [4.69, 9.17) is 0 Å². The molecular weight excluding hydrogens is 440 g/mol. The molecule has 5 nitrogen and oxygen atoms in total. The Bertz CT molecular complexity index is 912. The highest BCUT2D eigenvalue weighted by Crippen LogP contribution is 2.35. The number of sulfonamides is 1. The molecule has 1 aliphatic carbocycles. The molecular formula is C21H25BrN2O3S. The number of carbonyl (C=O) groups is 1. The smallest absolute Gasteiger partial charge is 0.243 e. The second kappa shape index (κ2) is 8.76. The van der Waals surface area contributed by atoms with Crippen molar-refractivity contribution in [1.29, 1.82) is 0 Å². The van der Waals surface area contributed by atoms with Crippen LogP contribution in [-0.4, -0.2) is 43.2 Å². The molecule has 3 rings (SSSR count). The van der Waals surface area contributed by atoms with Gasteiger partial charge in [0.05, 0.1) is 11.4 Å². The minimum Gasteiger partial charge on any atom is -0.334 e. The zero-order valence-corrected chi connectivity index (χ0v) is 18.5. The van der Waals surface area contributed by atoms with Crippen LogP contribution in [0.1, 0.15) is 25.3 Å². The van der Waals surface area contributed by atoms with Gasteiger partial charge in [-0.1, -0.05) is 46.3 Å². The highest BCUT2D eigenvalue weighted by Gasteiger charge is 2.35. The molecule has 1 amide bonds. The van der Waals surface area contributed by atoms with Crippen LogP contribution < -0.4 is 0 Å². The molecule has 0 spiro atoms. The number of rotatable bonds is 8. The Morgan fingerprint density at radius 3 is 2.29 bits per heavy atom. The second-order valence-electron chi connectivity index (χ2n) is 7.30. The first kappa shape index (κ1) is 21.0. The zero-order chi connectivity index (χ0) is 20.3. The summed E-state index contributed by atoms with van der Waals surface area (Å²) in [7, 11) is -2.27. The van der Waals surface area contributed by atoms with Crippen molar-refractivity contribution in [1.82, 2.24) is 9.21 Å². The SMILES string of the molecule is CC(C1CC1)N(Cc1ccccc1)C(=O)CN(C)S(=O)(=O)c1ccc(Br)cc1. The first-order chi connectivity index (χ1) is 13.3. The van der Waals surface area contributed by atoms with Crippen LogP contribution in [0.15, 0.2) is 64.0 Å². The Morgan fingerprint density at radius 2 is 1.71 bits per heavy atom. The molecule has 0 aromatic heterocycles. The van der Waals surface area contributed by atoms with Gasteiger partial charge in [-0.2, -0.15) is 4.31 Å². The van der Waals surface area contributed by atoms with Gasteiger partial charge in [0.1, 0.15) is 0 Å². The summed E-state index contributed by atoms with van der Waals surface area (Å²) < 4.78 is 27.6. The van der Waals surface area contributed by atoms with Crippen molar-refractivity contribution in [2.45, 2.75) is 37.2 Å². The van der Waals surface area contributed by atoms with E-state index in [-0.39, 0.29) is 23.4 Å². The first-order valence-corrected chi connectivity index (χ1v) is 11.6. The molecule has 0 bridgehead atoms. The zero-order valence-electron chi connectivity index (χ0n) is 16.1. The molecule has 0 heterocycles. The fourth-order valence-electron chi connectivity index (χ4n) is 3.23. The van der Waals surface area contributed by atoms with Crippen LogP contribution in [0.4, 0.5) is 0 Å². The van der Waals surface area contributed by atoms with Crippen molar-refractivity contribution < 1.29 is 13.2 Å².